The molecule has 8 nitrogen and oxygen atoms in total. The fourth-order valence-electron chi connectivity index (χ4n) is 2.07. The first-order valence-corrected chi connectivity index (χ1v) is 8.60. The molecule has 0 saturated carbocycles. The zero-order valence-corrected chi connectivity index (χ0v) is 14.5. The Kier molecular flexibility index (Phi) is 4.83. The van der Waals surface area contributed by atoms with E-state index < -0.39 is 21.5 Å². The maximum atomic E-state index is 11.9. The molecule has 24 heavy (non-hydrogen) atoms. The molecule has 1 aromatic carbocycles. The van der Waals surface area contributed by atoms with Crippen LogP contribution in [0.3, 0.4) is 0 Å². The highest BCUT2D eigenvalue weighted by atomic mass is 32.2. The molecule has 2 N–H and O–H groups in total. The van der Waals surface area contributed by atoms with E-state index in [1.807, 2.05) is 0 Å². The highest BCUT2D eigenvalue weighted by Gasteiger charge is 2.29. The third kappa shape index (κ3) is 3.07. The minimum atomic E-state index is -3.67. The van der Waals surface area contributed by atoms with Crippen LogP contribution in [0.25, 0.3) is 11.3 Å². The van der Waals surface area contributed by atoms with Gasteiger partial charge in [0, 0.05) is 18.7 Å². The van der Waals surface area contributed by atoms with E-state index in [9.17, 15) is 18.6 Å². The number of sulfonamides is 1. The number of aromatic hydroxyl groups is 2. The Balaban J connectivity index is 2.60. The minimum absolute atomic E-state index is 0.0992. The van der Waals surface area contributed by atoms with Crippen molar-refractivity contribution < 1.29 is 32.5 Å². The topological polar surface area (TPSA) is 109 Å². The molecule has 0 atom stereocenters. The molecule has 0 aliphatic rings. The van der Waals surface area contributed by atoms with Crippen LogP contribution in [-0.2, 0) is 10.0 Å². The van der Waals surface area contributed by atoms with Gasteiger partial charge in [-0.15, -0.1) is 0 Å². The first-order valence-electron chi connectivity index (χ1n) is 6.99. The summed E-state index contributed by atoms with van der Waals surface area (Å²) in [6, 6.07) is 4.73. The second-order valence-corrected chi connectivity index (χ2v) is 7.19. The van der Waals surface area contributed by atoms with Crippen molar-refractivity contribution in [3.05, 3.63) is 18.2 Å². The zero-order chi connectivity index (χ0) is 18.1. The van der Waals surface area contributed by atoms with Crippen LogP contribution >= 0.6 is 0 Å². The van der Waals surface area contributed by atoms with Gasteiger partial charge in [0.05, 0.1) is 20.0 Å². The lowest BCUT2D eigenvalue weighted by atomic mass is 10.1. The Morgan fingerprint density at radius 3 is 2.08 bits per heavy atom. The molecule has 2 rings (SSSR count). The molecule has 0 fully saturated rings. The molecule has 9 heteroatoms. The molecule has 1 aromatic heterocycles. The van der Waals surface area contributed by atoms with Gasteiger partial charge in [0.2, 0.25) is 21.5 Å². The zero-order valence-electron chi connectivity index (χ0n) is 13.7. The Morgan fingerprint density at radius 1 is 1.08 bits per heavy atom. The van der Waals surface area contributed by atoms with Crippen molar-refractivity contribution in [2.75, 3.05) is 31.3 Å². The van der Waals surface area contributed by atoms with Gasteiger partial charge in [0.15, 0.2) is 5.76 Å². The van der Waals surface area contributed by atoms with E-state index in [1.54, 1.807) is 18.2 Å². The van der Waals surface area contributed by atoms with Crippen molar-refractivity contribution in [3.8, 4) is 34.3 Å². The van der Waals surface area contributed by atoms with E-state index in [-0.39, 0.29) is 17.4 Å². The Bertz CT molecular complexity index is 819. The summed E-state index contributed by atoms with van der Waals surface area (Å²) in [6.45, 7) is 1.46. The fourth-order valence-corrected chi connectivity index (χ4v) is 2.83. The summed E-state index contributed by atoms with van der Waals surface area (Å²) in [6.07, 6.45) is 0. The Hall–Kier alpha value is -2.55. The van der Waals surface area contributed by atoms with E-state index in [4.69, 9.17) is 13.9 Å². The second-order valence-electron chi connectivity index (χ2n) is 4.90. The average Bonchev–Trinajstić information content (AvgIpc) is 2.89. The number of anilines is 1. The van der Waals surface area contributed by atoms with Crippen LogP contribution in [0.4, 0.5) is 5.88 Å². The summed E-state index contributed by atoms with van der Waals surface area (Å²) in [5.41, 5.74) is 0.354. The number of methoxy groups -OCH3 is 2. The predicted octanol–water partition coefficient (Wildman–Crippen LogP) is 2.16. The monoisotopic (exact) mass is 357 g/mol. The first-order chi connectivity index (χ1) is 11.2. The van der Waals surface area contributed by atoms with Gasteiger partial charge < -0.3 is 24.1 Å². The lowest BCUT2D eigenvalue weighted by Gasteiger charge is -2.15. The fraction of sp³-hybridized carbons (Fsp3) is 0.333. The normalized spacial score (nSPS) is 11.3. The van der Waals surface area contributed by atoms with Crippen molar-refractivity contribution in [2.45, 2.75) is 6.92 Å². The molecule has 0 radical (unpaired) electrons. The molecule has 0 aliphatic heterocycles. The third-order valence-electron chi connectivity index (χ3n) is 3.52. The molecule has 0 amide bonds. The van der Waals surface area contributed by atoms with E-state index >= 15 is 0 Å². The van der Waals surface area contributed by atoms with Crippen molar-refractivity contribution in [1.82, 2.24) is 0 Å². The van der Waals surface area contributed by atoms with Crippen LogP contribution in [0.15, 0.2) is 22.6 Å². The van der Waals surface area contributed by atoms with Gasteiger partial charge in [-0.1, -0.05) is 0 Å². The van der Waals surface area contributed by atoms with Gasteiger partial charge >= 0.3 is 0 Å². The Labute approximate surface area is 139 Å². The van der Waals surface area contributed by atoms with Crippen molar-refractivity contribution >= 4 is 15.9 Å². The largest absolute Gasteiger partial charge is 0.502 e. The summed E-state index contributed by atoms with van der Waals surface area (Å²) >= 11 is 0. The van der Waals surface area contributed by atoms with E-state index in [1.165, 1.54) is 28.2 Å². The second kappa shape index (κ2) is 6.52. The number of benzene rings is 1. The highest BCUT2D eigenvalue weighted by molar-refractivity contribution is 7.92. The van der Waals surface area contributed by atoms with Crippen LogP contribution in [-0.4, -0.2) is 45.7 Å². The number of nitrogens with zero attached hydrogens (tertiary/aromatic N) is 1. The number of furan rings is 1. The van der Waals surface area contributed by atoms with Crippen molar-refractivity contribution in [3.63, 3.8) is 0 Å². The van der Waals surface area contributed by atoms with Gasteiger partial charge in [-0.25, -0.2) is 12.7 Å². The molecule has 0 aliphatic carbocycles. The lowest BCUT2D eigenvalue weighted by Crippen LogP contribution is -2.27. The lowest BCUT2D eigenvalue weighted by molar-refractivity contribution is 0.394. The van der Waals surface area contributed by atoms with Crippen LogP contribution in [0.2, 0.25) is 0 Å². The standard InChI is InChI=1S/C15H19NO7S/c1-5-24(19,20)16(2)15-13(18)12(17)14(23-15)9-6-10(21-3)8-11(7-9)22-4/h6-8,17-18H,5H2,1-4H3. The molecule has 0 unspecified atom stereocenters. The number of hydrogen-bond donors (Lipinski definition) is 2. The summed E-state index contributed by atoms with van der Waals surface area (Å²) in [5, 5.41) is 20.2. The van der Waals surface area contributed by atoms with Crippen LogP contribution in [0.5, 0.6) is 23.0 Å². The summed E-state index contributed by atoms with van der Waals surface area (Å²) < 4.78 is 40.4. The molecular formula is C15H19NO7S. The average molecular weight is 357 g/mol. The molecule has 2 aromatic rings. The van der Waals surface area contributed by atoms with Gasteiger partial charge in [0.25, 0.3) is 5.88 Å². The van der Waals surface area contributed by atoms with Crippen molar-refractivity contribution in [1.29, 1.82) is 0 Å². The smallest absolute Gasteiger partial charge is 0.256 e. The van der Waals surface area contributed by atoms with Gasteiger partial charge in [-0.05, 0) is 19.1 Å². The summed E-state index contributed by atoms with van der Waals surface area (Å²) in [7, 11) is 0.490. The predicted molar refractivity (Wildman–Crippen MR) is 88.4 cm³/mol. The van der Waals surface area contributed by atoms with E-state index in [2.05, 4.69) is 0 Å². The maximum absolute atomic E-state index is 11.9. The first kappa shape index (κ1) is 17.8. The number of rotatable bonds is 6. The van der Waals surface area contributed by atoms with Crippen LogP contribution in [0.1, 0.15) is 6.92 Å². The van der Waals surface area contributed by atoms with Gasteiger partial charge in [0.1, 0.15) is 11.5 Å². The SMILES string of the molecule is CCS(=O)(=O)N(C)c1oc(-c2cc(OC)cc(OC)c2)c(O)c1O. The maximum Gasteiger partial charge on any atom is 0.256 e. The third-order valence-corrected chi connectivity index (χ3v) is 5.25. The van der Waals surface area contributed by atoms with Gasteiger partial charge in [-0.3, -0.25) is 0 Å². The van der Waals surface area contributed by atoms with Crippen LogP contribution in [0, 0.1) is 0 Å². The van der Waals surface area contributed by atoms with Crippen molar-refractivity contribution in [2.24, 2.45) is 0 Å². The van der Waals surface area contributed by atoms with Crippen LogP contribution < -0.4 is 13.8 Å². The molecule has 132 valence electrons. The number of hydrogen-bond acceptors (Lipinski definition) is 7. The van der Waals surface area contributed by atoms with E-state index in [0.717, 1.165) is 4.31 Å². The van der Waals surface area contributed by atoms with E-state index in [0.29, 0.717) is 17.1 Å². The summed E-state index contributed by atoms with van der Waals surface area (Å²) in [5.74, 6) is -1.01. The molecule has 0 saturated heterocycles. The highest BCUT2D eigenvalue weighted by Crippen LogP contribution is 2.48. The molecule has 0 spiro atoms. The molecular weight excluding hydrogens is 338 g/mol. The number of ether oxygens (including phenoxy) is 2. The minimum Gasteiger partial charge on any atom is -0.502 e. The molecule has 1 heterocycles. The van der Waals surface area contributed by atoms with Gasteiger partial charge in [-0.2, -0.15) is 0 Å². The Morgan fingerprint density at radius 2 is 1.62 bits per heavy atom. The summed E-state index contributed by atoms with van der Waals surface area (Å²) in [4.78, 5) is 0. The quantitative estimate of drug-likeness (QED) is 0.815. The molecule has 0 bridgehead atoms.